The minimum absolute atomic E-state index is 0.0000189. The lowest BCUT2D eigenvalue weighted by Gasteiger charge is -2.38. The predicted octanol–water partition coefficient (Wildman–Crippen LogP) is 4.90. The number of methoxy groups -OCH3 is 1. The molecule has 6 heteroatoms. The first-order valence-electron chi connectivity index (χ1n) is 11.4. The van der Waals surface area contributed by atoms with Crippen LogP contribution < -0.4 is 10.1 Å². The highest BCUT2D eigenvalue weighted by Crippen LogP contribution is 2.35. The third-order valence-electron chi connectivity index (χ3n) is 6.85. The van der Waals surface area contributed by atoms with Gasteiger partial charge in [-0.15, -0.1) is 0 Å². The second-order valence-electron chi connectivity index (χ2n) is 9.08. The van der Waals surface area contributed by atoms with Gasteiger partial charge in [-0.1, -0.05) is 25.0 Å². The Hall–Kier alpha value is -2.89. The molecule has 2 fully saturated rings. The minimum atomic E-state index is -0.327. The zero-order chi connectivity index (χ0) is 22.7. The van der Waals surface area contributed by atoms with E-state index in [1.807, 2.05) is 23.1 Å². The van der Waals surface area contributed by atoms with Crippen molar-refractivity contribution >= 4 is 17.5 Å². The first-order valence-corrected chi connectivity index (χ1v) is 11.4. The maximum Gasteiger partial charge on any atom is 0.229 e. The van der Waals surface area contributed by atoms with E-state index < -0.39 is 0 Å². The van der Waals surface area contributed by atoms with Crippen LogP contribution in [0, 0.1) is 24.6 Å². The van der Waals surface area contributed by atoms with Crippen molar-refractivity contribution < 1.29 is 18.7 Å². The van der Waals surface area contributed by atoms with Gasteiger partial charge < -0.3 is 15.0 Å². The largest absolute Gasteiger partial charge is 0.497 e. The van der Waals surface area contributed by atoms with Crippen LogP contribution in [0.25, 0.3) is 0 Å². The molecule has 5 nitrogen and oxygen atoms in total. The summed E-state index contributed by atoms with van der Waals surface area (Å²) in [7, 11) is 1.60. The fourth-order valence-electron chi connectivity index (χ4n) is 4.98. The Morgan fingerprint density at radius 3 is 2.41 bits per heavy atom. The molecular weight excluding hydrogens is 407 g/mol. The van der Waals surface area contributed by atoms with Crippen molar-refractivity contribution in [2.45, 2.75) is 44.9 Å². The number of hydrogen-bond donors (Lipinski definition) is 1. The van der Waals surface area contributed by atoms with Gasteiger partial charge in [-0.05, 0) is 67.6 Å². The van der Waals surface area contributed by atoms with E-state index in [-0.39, 0.29) is 35.4 Å². The molecule has 0 aromatic heterocycles. The van der Waals surface area contributed by atoms with Gasteiger partial charge in [0.1, 0.15) is 11.6 Å². The number of piperidine rings is 1. The summed E-state index contributed by atoms with van der Waals surface area (Å²) in [5, 5.41) is 2.99. The van der Waals surface area contributed by atoms with Crippen molar-refractivity contribution in [2.75, 3.05) is 25.5 Å². The standard InChI is InChI=1S/C26H31FN2O3/c1-17-13-19(7-12-24(17)27)20-14-21(16-29(15-20)26(31)18-5-3-4-6-18)25(30)28-22-8-10-23(32-2)11-9-22/h7-13,18,20-21H,3-6,14-16H2,1-2H3,(H,28,30). The molecule has 4 rings (SSSR count). The molecule has 0 spiro atoms. The molecule has 1 aliphatic heterocycles. The Balaban J connectivity index is 1.54. The van der Waals surface area contributed by atoms with E-state index in [1.54, 1.807) is 32.2 Å². The third kappa shape index (κ3) is 4.95. The van der Waals surface area contributed by atoms with Crippen LogP contribution in [-0.4, -0.2) is 36.9 Å². The molecule has 2 aromatic carbocycles. The average molecular weight is 439 g/mol. The lowest BCUT2D eigenvalue weighted by Crippen LogP contribution is -2.48. The van der Waals surface area contributed by atoms with Crippen LogP contribution in [0.3, 0.4) is 0 Å². The van der Waals surface area contributed by atoms with Gasteiger partial charge >= 0.3 is 0 Å². The molecule has 0 bridgehead atoms. The number of anilines is 1. The van der Waals surface area contributed by atoms with Gasteiger partial charge in [0.25, 0.3) is 0 Å². The number of carbonyl (C=O) groups is 2. The Bertz CT molecular complexity index is 970. The zero-order valence-electron chi connectivity index (χ0n) is 18.8. The Labute approximate surface area is 188 Å². The van der Waals surface area contributed by atoms with E-state index in [0.29, 0.717) is 30.8 Å². The number of carbonyl (C=O) groups excluding carboxylic acids is 2. The van der Waals surface area contributed by atoms with Gasteiger partial charge in [0.05, 0.1) is 13.0 Å². The van der Waals surface area contributed by atoms with E-state index in [0.717, 1.165) is 37.0 Å². The van der Waals surface area contributed by atoms with Gasteiger partial charge in [-0.3, -0.25) is 9.59 Å². The Kier molecular flexibility index (Phi) is 6.77. The second kappa shape index (κ2) is 9.72. The maximum atomic E-state index is 13.8. The fraction of sp³-hybridized carbons (Fsp3) is 0.462. The topological polar surface area (TPSA) is 58.6 Å². The first kappa shape index (κ1) is 22.3. The summed E-state index contributed by atoms with van der Waals surface area (Å²) >= 11 is 0. The highest BCUT2D eigenvalue weighted by molar-refractivity contribution is 5.93. The van der Waals surface area contributed by atoms with Crippen LogP contribution in [-0.2, 0) is 9.59 Å². The number of amides is 2. The molecule has 2 aliphatic rings. The molecule has 1 aliphatic carbocycles. The lowest BCUT2D eigenvalue weighted by molar-refractivity contribution is -0.138. The predicted molar refractivity (Wildman–Crippen MR) is 122 cm³/mol. The van der Waals surface area contributed by atoms with E-state index in [9.17, 15) is 14.0 Å². The number of ether oxygens (including phenoxy) is 1. The highest BCUT2D eigenvalue weighted by Gasteiger charge is 2.37. The van der Waals surface area contributed by atoms with Crippen LogP contribution in [0.2, 0.25) is 0 Å². The number of nitrogens with zero attached hydrogens (tertiary/aromatic N) is 1. The van der Waals surface area contributed by atoms with Gasteiger partial charge in [0, 0.05) is 30.6 Å². The monoisotopic (exact) mass is 438 g/mol. The molecule has 1 N–H and O–H groups in total. The molecule has 1 saturated heterocycles. The molecule has 0 radical (unpaired) electrons. The SMILES string of the molecule is COc1ccc(NC(=O)C2CC(c3ccc(F)c(C)c3)CN(C(=O)C3CCCC3)C2)cc1. The fourth-order valence-corrected chi connectivity index (χ4v) is 4.98. The molecule has 1 saturated carbocycles. The van der Waals surface area contributed by atoms with Crippen molar-refractivity contribution in [3.05, 3.63) is 59.4 Å². The van der Waals surface area contributed by atoms with Gasteiger partial charge in [0.15, 0.2) is 0 Å². The number of rotatable bonds is 5. The first-order chi connectivity index (χ1) is 15.4. The van der Waals surface area contributed by atoms with E-state index in [4.69, 9.17) is 4.74 Å². The highest BCUT2D eigenvalue weighted by atomic mass is 19.1. The molecule has 2 amide bonds. The number of halogens is 1. The van der Waals surface area contributed by atoms with E-state index in [2.05, 4.69) is 5.32 Å². The molecule has 2 aromatic rings. The van der Waals surface area contributed by atoms with Gasteiger partial charge in [0.2, 0.25) is 11.8 Å². The molecule has 170 valence electrons. The van der Waals surface area contributed by atoms with E-state index >= 15 is 0 Å². The summed E-state index contributed by atoms with van der Waals surface area (Å²) in [6.07, 6.45) is 4.66. The number of nitrogens with one attached hydrogen (secondary N) is 1. The van der Waals surface area contributed by atoms with Crippen molar-refractivity contribution in [2.24, 2.45) is 11.8 Å². The summed E-state index contributed by atoms with van der Waals surface area (Å²) in [5.41, 5.74) is 2.26. The Morgan fingerprint density at radius 2 is 1.75 bits per heavy atom. The number of benzene rings is 2. The quantitative estimate of drug-likeness (QED) is 0.722. The summed E-state index contributed by atoms with van der Waals surface area (Å²) in [5.74, 6) is 0.287. The van der Waals surface area contributed by atoms with Crippen molar-refractivity contribution in [3.63, 3.8) is 0 Å². The smallest absolute Gasteiger partial charge is 0.229 e. The Morgan fingerprint density at radius 1 is 1.03 bits per heavy atom. The number of likely N-dealkylation sites (tertiary alicyclic amines) is 1. The summed E-state index contributed by atoms with van der Waals surface area (Å²) < 4.78 is 19.0. The number of aryl methyl sites for hydroxylation is 1. The summed E-state index contributed by atoms with van der Waals surface area (Å²) in [6.45, 7) is 2.75. The van der Waals surface area contributed by atoms with Crippen molar-refractivity contribution in [3.8, 4) is 5.75 Å². The zero-order valence-corrected chi connectivity index (χ0v) is 18.8. The molecule has 32 heavy (non-hydrogen) atoms. The van der Waals surface area contributed by atoms with Crippen molar-refractivity contribution in [1.29, 1.82) is 0 Å². The van der Waals surface area contributed by atoms with Crippen LogP contribution in [0.5, 0.6) is 5.75 Å². The summed E-state index contributed by atoms with van der Waals surface area (Å²) in [6, 6.07) is 12.3. The third-order valence-corrected chi connectivity index (χ3v) is 6.85. The van der Waals surface area contributed by atoms with Gasteiger partial charge in [-0.2, -0.15) is 0 Å². The summed E-state index contributed by atoms with van der Waals surface area (Å²) in [4.78, 5) is 28.3. The molecular formula is C26H31FN2O3. The van der Waals surface area contributed by atoms with Crippen LogP contribution >= 0.6 is 0 Å². The number of hydrogen-bond acceptors (Lipinski definition) is 3. The normalized spacial score (nSPS) is 21.4. The molecule has 2 unspecified atom stereocenters. The molecule has 2 atom stereocenters. The van der Waals surface area contributed by atoms with Crippen LogP contribution in [0.4, 0.5) is 10.1 Å². The maximum absolute atomic E-state index is 13.8. The van der Waals surface area contributed by atoms with E-state index in [1.165, 1.54) is 6.07 Å². The van der Waals surface area contributed by atoms with Crippen LogP contribution in [0.15, 0.2) is 42.5 Å². The van der Waals surface area contributed by atoms with Gasteiger partial charge in [-0.25, -0.2) is 4.39 Å². The van der Waals surface area contributed by atoms with Crippen LogP contribution in [0.1, 0.15) is 49.1 Å². The molecule has 1 heterocycles. The lowest BCUT2D eigenvalue weighted by atomic mass is 9.83. The minimum Gasteiger partial charge on any atom is -0.497 e. The second-order valence-corrected chi connectivity index (χ2v) is 9.08. The van der Waals surface area contributed by atoms with Crippen molar-refractivity contribution in [1.82, 2.24) is 4.90 Å². The average Bonchev–Trinajstić information content (AvgIpc) is 3.35.